The van der Waals surface area contributed by atoms with E-state index in [4.69, 9.17) is 5.10 Å². The molecule has 0 bridgehead atoms. The van der Waals surface area contributed by atoms with Crippen LogP contribution >= 0.6 is 0 Å². The van der Waals surface area contributed by atoms with Crippen molar-refractivity contribution in [3.05, 3.63) is 164 Å². The summed E-state index contributed by atoms with van der Waals surface area (Å²) in [6, 6.07) is 57.2. The molecule has 40 heavy (non-hydrogen) atoms. The highest BCUT2D eigenvalue weighted by Gasteiger charge is 2.19. The molecule has 0 spiro atoms. The Morgan fingerprint density at radius 3 is 1.55 bits per heavy atom. The first-order valence-corrected chi connectivity index (χ1v) is 13.5. The predicted octanol–water partition coefficient (Wildman–Crippen LogP) is 9.83. The topological polar surface area (TPSA) is 21.1 Å². The van der Waals surface area contributed by atoms with Crippen LogP contribution in [0.2, 0.25) is 0 Å². The molecule has 7 aromatic rings. The minimum atomic E-state index is 0.947. The van der Waals surface area contributed by atoms with Crippen molar-refractivity contribution in [2.75, 3.05) is 4.90 Å². The van der Waals surface area contributed by atoms with Crippen LogP contribution in [-0.2, 0) is 0 Å². The Bertz CT molecular complexity index is 1840. The molecule has 0 saturated carbocycles. The van der Waals surface area contributed by atoms with Crippen LogP contribution in [0.25, 0.3) is 39.0 Å². The van der Waals surface area contributed by atoms with Gasteiger partial charge in [-0.3, -0.25) is 0 Å². The van der Waals surface area contributed by atoms with E-state index in [2.05, 4.69) is 161 Å². The van der Waals surface area contributed by atoms with Crippen molar-refractivity contribution in [1.82, 2.24) is 9.78 Å². The SMILES string of the molecule is c1ccc(-c2cc(-c3ccccc3)n(-c3ccc(N(c4ccccc4)c4ccccc4)c4ccccc34)n2)cc1. The van der Waals surface area contributed by atoms with Crippen molar-refractivity contribution in [2.45, 2.75) is 0 Å². The molecular weight excluding hydrogens is 486 g/mol. The van der Waals surface area contributed by atoms with Crippen molar-refractivity contribution in [2.24, 2.45) is 0 Å². The average Bonchev–Trinajstić information content (AvgIpc) is 3.49. The molecule has 0 aliphatic rings. The van der Waals surface area contributed by atoms with Gasteiger partial charge in [0, 0.05) is 33.3 Å². The Labute approximate surface area is 234 Å². The van der Waals surface area contributed by atoms with Gasteiger partial charge in [0.25, 0.3) is 0 Å². The van der Waals surface area contributed by atoms with Gasteiger partial charge < -0.3 is 4.90 Å². The third-order valence-corrected chi connectivity index (χ3v) is 7.22. The van der Waals surface area contributed by atoms with Gasteiger partial charge in [0.1, 0.15) is 0 Å². The first kappa shape index (κ1) is 23.7. The third kappa shape index (κ3) is 4.34. The molecule has 1 aromatic heterocycles. The van der Waals surface area contributed by atoms with Gasteiger partial charge in [-0.05, 0) is 42.5 Å². The maximum atomic E-state index is 5.17. The fourth-order valence-corrected chi connectivity index (χ4v) is 5.36. The molecule has 6 aromatic carbocycles. The summed E-state index contributed by atoms with van der Waals surface area (Å²) in [4.78, 5) is 2.32. The van der Waals surface area contributed by atoms with Crippen LogP contribution in [0.3, 0.4) is 0 Å². The van der Waals surface area contributed by atoms with Crippen molar-refractivity contribution in [1.29, 1.82) is 0 Å². The number of hydrogen-bond acceptors (Lipinski definition) is 2. The Kier molecular flexibility index (Phi) is 6.15. The minimum absolute atomic E-state index is 0.947. The number of benzene rings is 6. The quantitative estimate of drug-likeness (QED) is 0.221. The van der Waals surface area contributed by atoms with Crippen molar-refractivity contribution < 1.29 is 0 Å². The maximum Gasteiger partial charge on any atom is 0.0934 e. The Hall–Kier alpha value is -5.41. The fraction of sp³-hybridized carbons (Fsp3) is 0. The van der Waals surface area contributed by atoms with Gasteiger partial charge in [-0.15, -0.1) is 0 Å². The van der Waals surface area contributed by atoms with Gasteiger partial charge in [0.2, 0.25) is 0 Å². The second-order valence-corrected chi connectivity index (χ2v) is 9.71. The molecule has 3 nitrogen and oxygen atoms in total. The van der Waals surface area contributed by atoms with Crippen LogP contribution in [-0.4, -0.2) is 9.78 Å². The fourth-order valence-electron chi connectivity index (χ4n) is 5.36. The standard InChI is InChI=1S/C37H27N3/c1-5-15-28(16-6-1)34-27-37(29-17-7-2-8-18-29)40(38-34)36-26-25-35(32-23-13-14-24-33(32)36)39(30-19-9-3-10-20-30)31-21-11-4-12-22-31/h1-27H. The average molecular weight is 514 g/mol. The molecule has 1 heterocycles. The van der Waals surface area contributed by atoms with Crippen molar-refractivity contribution in [3.8, 4) is 28.2 Å². The highest BCUT2D eigenvalue weighted by molar-refractivity contribution is 6.03. The Balaban J connectivity index is 1.46. The number of fused-ring (bicyclic) bond motifs is 1. The van der Waals surface area contributed by atoms with Gasteiger partial charge in [-0.2, -0.15) is 5.10 Å². The van der Waals surface area contributed by atoms with E-state index in [0.29, 0.717) is 0 Å². The largest absolute Gasteiger partial charge is 0.310 e. The van der Waals surface area contributed by atoms with Crippen LogP contribution in [0.4, 0.5) is 17.1 Å². The van der Waals surface area contributed by atoms with Crippen molar-refractivity contribution >= 4 is 27.8 Å². The Morgan fingerprint density at radius 1 is 0.450 bits per heavy atom. The summed E-state index contributed by atoms with van der Waals surface area (Å²) < 4.78 is 2.10. The van der Waals surface area contributed by atoms with E-state index in [0.717, 1.165) is 56.0 Å². The molecule has 0 radical (unpaired) electrons. The lowest BCUT2D eigenvalue weighted by atomic mass is 10.0. The lowest BCUT2D eigenvalue weighted by molar-refractivity contribution is 0.899. The second-order valence-electron chi connectivity index (χ2n) is 9.71. The number of aromatic nitrogens is 2. The maximum absolute atomic E-state index is 5.17. The highest BCUT2D eigenvalue weighted by atomic mass is 15.3. The summed E-state index contributed by atoms with van der Waals surface area (Å²) in [5.74, 6) is 0. The van der Waals surface area contributed by atoms with E-state index < -0.39 is 0 Å². The highest BCUT2D eigenvalue weighted by Crippen LogP contribution is 2.41. The number of nitrogens with zero attached hydrogens (tertiary/aromatic N) is 3. The van der Waals surface area contributed by atoms with Gasteiger partial charge in [-0.1, -0.05) is 121 Å². The predicted molar refractivity (Wildman–Crippen MR) is 167 cm³/mol. The molecular formula is C37H27N3. The zero-order valence-electron chi connectivity index (χ0n) is 21.9. The number of hydrogen-bond donors (Lipinski definition) is 0. The third-order valence-electron chi connectivity index (χ3n) is 7.22. The molecule has 190 valence electrons. The number of anilines is 3. The molecule has 0 fully saturated rings. The minimum Gasteiger partial charge on any atom is -0.310 e. The van der Waals surface area contributed by atoms with E-state index in [9.17, 15) is 0 Å². The first-order valence-electron chi connectivity index (χ1n) is 13.5. The van der Waals surface area contributed by atoms with Gasteiger partial charge in [0.05, 0.1) is 22.8 Å². The van der Waals surface area contributed by atoms with Crippen LogP contribution in [0.5, 0.6) is 0 Å². The zero-order chi connectivity index (χ0) is 26.7. The van der Waals surface area contributed by atoms with Crippen LogP contribution < -0.4 is 4.90 Å². The summed E-state index contributed by atoms with van der Waals surface area (Å²) >= 11 is 0. The Morgan fingerprint density at radius 2 is 0.950 bits per heavy atom. The summed E-state index contributed by atoms with van der Waals surface area (Å²) in [6.07, 6.45) is 0. The van der Waals surface area contributed by atoms with Gasteiger partial charge in [0.15, 0.2) is 0 Å². The molecule has 0 N–H and O–H groups in total. The number of para-hydroxylation sites is 2. The summed E-state index contributed by atoms with van der Waals surface area (Å²) in [6.45, 7) is 0. The summed E-state index contributed by atoms with van der Waals surface area (Å²) in [7, 11) is 0. The normalized spacial score (nSPS) is 11.0. The monoisotopic (exact) mass is 513 g/mol. The van der Waals surface area contributed by atoms with E-state index in [1.54, 1.807) is 0 Å². The molecule has 3 heteroatoms. The summed E-state index contributed by atoms with van der Waals surface area (Å²) in [5.41, 5.74) is 8.61. The van der Waals surface area contributed by atoms with E-state index in [-0.39, 0.29) is 0 Å². The first-order chi connectivity index (χ1) is 19.9. The van der Waals surface area contributed by atoms with Crippen LogP contribution in [0.15, 0.2) is 164 Å². The van der Waals surface area contributed by atoms with E-state index in [1.165, 1.54) is 0 Å². The molecule has 7 rings (SSSR count). The van der Waals surface area contributed by atoms with Crippen molar-refractivity contribution in [3.63, 3.8) is 0 Å². The molecule has 0 aliphatic heterocycles. The lowest BCUT2D eigenvalue weighted by Crippen LogP contribution is -2.11. The van der Waals surface area contributed by atoms with Gasteiger partial charge in [-0.25, -0.2) is 4.68 Å². The van der Waals surface area contributed by atoms with E-state index >= 15 is 0 Å². The van der Waals surface area contributed by atoms with Gasteiger partial charge >= 0.3 is 0 Å². The summed E-state index contributed by atoms with van der Waals surface area (Å²) in [5, 5.41) is 7.46. The lowest BCUT2D eigenvalue weighted by Gasteiger charge is -2.27. The molecule has 0 unspecified atom stereocenters. The number of rotatable bonds is 6. The molecule has 0 amide bonds. The smallest absolute Gasteiger partial charge is 0.0934 e. The zero-order valence-corrected chi connectivity index (χ0v) is 21.9. The van der Waals surface area contributed by atoms with Crippen LogP contribution in [0.1, 0.15) is 0 Å². The molecule has 0 aliphatic carbocycles. The second kappa shape index (κ2) is 10.4. The molecule has 0 saturated heterocycles. The van der Waals surface area contributed by atoms with E-state index in [1.807, 2.05) is 12.1 Å². The van der Waals surface area contributed by atoms with Crippen LogP contribution in [0, 0.1) is 0 Å². The molecule has 0 atom stereocenters.